The average Bonchev–Trinajstić information content (AvgIpc) is 2.45. The maximum absolute atomic E-state index is 5.43. The van der Waals surface area contributed by atoms with Gasteiger partial charge in [-0.25, -0.2) is 0 Å². The van der Waals surface area contributed by atoms with Crippen LogP contribution < -0.4 is 0 Å². The molecule has 18 heavy (non-hydrogen) atoms. The highest BCUT2D eigenvalue weighted by Crippen LogP contribution is 2.18. The second-order valence-electron chi connectivity index (χ2n) is 4.00. The van der Waals surface area contributed by atoms with Gasteiger partial charge in [0.2, 0.25) is 0 Å². The maximum atomic E-state index is 5.43. The molecule has 1 heterocycles. The van der Waals surface area contributed by atoms with Gasteiger partial charge in [-0.3, -0.25) is 4.98 Å². The first-order chi connectivity index (χ1) is 8.73. The zero-order chi connectivity index (χ0) is 13.0. The summed E-state index contributed by atoms with van der Waals surface area (Å²) in [5.41, 5.74) is 2.08. The van der Waals surface area contributed by atoms with E-state index in [1.54, 1.807) is 27.5 Å². The van der Waals surface area contributed by atoms with Crippen molar-refractivity contribution in [3.63, 3.8) is 0 Å². The molecule has 0 aliphatic carbocycles. The molecule has 0 saturated carbocycles. The molecule has 0 spiro atoms. The van der Waals surface area contributed by atoms with Crippen LogP contribution in [0, 0.1) is 0 Å². The Morgan fingerprint density at radius 3 is 2.44 bits per heavy atom. The Labute approximate surface area is 108 Å². The summed E-state index contributed by atoms with van der Waals surface area (Å²) in [5, 5.41) is 1.13. The van der Waals surface area contributed by atoms with Crippen LogP contribution in [0.3, 0.4) is 0 Å². The highest BCUT2D eigenvalue weighted by molar-refractivity contribution is 6.60. The normalized spacial score (nSPS) is 11.9. The molecule has 1 aromatic heterocycles. The Kier molecular flexibility index (Phi) is 4.08. The van der Waals surface area contributed by atoms with E-state index in [1.165, 1.54) is 0 Å². The summed E-state index contributed by atoms with van der Waals surface area (Å²) in [4.78, 5) is 4.34. The molecule has 0 aliphatic heterocycles. The van der Waals surface area contributed by atoms with Crippen molar-refractivity contribution >= 4 is 19.7 Å². The van der Waals surface area contributed by atoms with Gasteiger partial charge in [0.15, 0.2) is 0 Å². The number of hydrogen-bond donors (Lipinski definition) is 0. The minimum Gasteiger partial charge on any atom is -0.377 e. The molecule has 0 N–H and O–H groups in total. The van der Waals surface area contributed by atoms with Crippen molar-refractivity contribution in [3.8, 4) is 0 Å². The van der Waals surface area contributed by atoms with Crippen molar-refractivity contribution < 1.29 is 13.3 Å². The van der Waals surface area contributed by atoms with E-state index in [0.29, 0.717) is 6.04 Å². The van der Waals surface area contributed by atoms with Crippen LogP contribution in [0.2, 0.25) is 0 Å². The summed E-state index contributed by atoms with van der Waals surface area (Å²) in [5.74, 6) is 0. The van der Waals surface area contributed by atoms with E-state index in [-0.39, 0.29) is 0 Å². The number of benzene rings is 1. The largest absolute Gasteiger partial charge is 0.504 e. The van der Waals surface area contributed by atoms with E-state index in [9.17, 15) is 0 Å². The van der Waals surface area contributed by atoms with E-state index in [2.05, 4.69) is 17.1 Å². The second-order valence-corrected chi connectivity index (χ2v) is 6.95. The molecule has 1 aromatic carbocycles. The summed E-state index contributed by atoms with van der Waals surface area (Å²) in [6.45, 7) is 0. The average molecular weight is 263 g/mol. The molecule has 0 saturated heterocycles. The first kappa shape index (κ1) is 13.2. The fraction of sp³-hybridized carbons (Fsp3) is 0.308. The molecule has 2 aromatic rings. The minimum atomic E-state index is -2.57. The second kappa shape index (κ2) is 5.58. The Balaban J connectivity index is 2.31. The minimum absolute atomic E-state index is 0.642. The topological polar surface area (TPSA) is 40.6 Å². The van der Waals surface area contributed by atoms with Gasteiger partial charge in [0.25, 0.3) is 0 Å². The van der Waals surface area contributed by atoms with Crippen molar-refractivity contribution in [1.29, 1.82) is 0 Å². The third-order valence-electron chi connectivity index (χ3n) is 3.02. The smallest absolute Gasteiger partial charge is 0.377 e. The quantitative estimate of drug-likeness (QED) is 0.775. The van der Waals surface area contributed by atoms with Crippen molar-refractivity contribution in [3.05, 3.63) is 42.1 Å². The van der Waals surface area contributed by atoms with Gasteiger partial charge in [-0.05, 0) is 17.7 Å². The van der Waals surface area contributed by atoms with Crippen molar-refractivity contribution in [2.75, 3.05) is 21.3 Å². The van der Waals surface area contributed by atoms with Gasteiger partial charge in [-0.2, -0.15) is 0 Å². The monoisotopic (exact) mass is 263 g/mol. The van der Waals surface area contributed by atoms with Crippen LogP contribution in [0.4, 0.5) is 0 Å². The molecule has 5 heteroatoms. The van der Waals surface area contributed by atoms with Crippen LogP contribution in [-0.2, 0) is 19.3 Å². The number of nitrogens with zero attached hydrogens (tertiary/aromatic N) is 1. The molecule has 0 atom stereocenters. The summed E-state index contributed by atoms with van der Waals surface area (Å²) >= 11 is 0. The fourth-order valence-corrected chi connectivity index (χ4v) is 3.59. The lowest BCUT2D eigenvalue weighted by Gasteiger charge is -2.24. The highest BCUT2D eigenvalue weighted by Gasteiger charge is 2.37. The van der Waals surface area contributed by atoms with Crippen LogP contribution in [0.15, 0.2) is 36.5 Å². The van der Waals surface area contributed by atoms with Gasteiger partial charge in [0, 0.05) is 39.0 Å². The fourth-order valence-electron chi connectivity index (χ4n) is 1.94. The lowest BCUT2D eigenvalue weighted by Crippen LogP contribution is -2.45. The number of rotatable bonds is 5. The number of fused-ring (bicyclic) bond motifs is 1. The number of pyridine rings is 1. The van der Waals surface area contributed by atoms with Crippen LogP contribution in [0.25, 0.3) is 10.9 Å². The van der Waals surface area contributed by atoms with E-state index in [0.717, 1.165) is 16.5 Å². The summed E-state index contributed by atoms with van der Waals surface area (Å²) in [6, 6.07) is 10.8. The van der Waals surface area contributed by atoms with Gasteiger partial charge in [-0.15, -0.1) is 0 Å². The molecule has 96 valence electrons. The first-order valence-corrected chi connectivity index (χ1v) is 7.65. The van der Waals surface area contributed by atoms with Gasteiger partial charge in [-0.1, -0.05) is 18.2 Å². The number of hydrogen-bond acceptors (Lipinski definition) is 4. The summed E-state index contributed by atoms with van der Waals surface area (Å²) in [7, 11) is 2.30. The molecule has 0 aliphatic rings. The predicted molar refractivity (Wildman–Crippen MR) is 72.2 cm³/mol. The van der Waals surface area contributed by atoms with E-state index >= 15 is 0 Å². The molecule has 0 amide bonds. The third kappa shape index (κ3) is 2.59. The summed E-state index contributed by atoms with van der Waals surface area (Å²) in [6.07, 6.45) is 1.79. The highest BCUT2D eigenvalue weighted by atomic mass is 28.4. The van der Waals surface area contributed by atoms with Crippen LogP contribution in [0.1, 0.15) is 5.56 Å². The van der Waals surface area contributed by atoms with E-state index in [4.69, 9.17) is 13.3 Å². The molecule has 4 nitrogen and oxygen atoms in total. The van der Waals surface area contributed by atoms with Crippen LogP contribution in [-0.4, -0.2) is 35.1 Å². The Hall–Kier alpha value is -1.27. The zero-order valence-corrected chi connectivity index (χ0v) is 11.8. The van der Waals surface area contributed by atoms with Gasteiger partial charge < -0.3 is 13.3 Å². The van der Waals surface area contributed by atoms with Crippen LogP contribution >= 0.6 is 0 Å². The molecular formula is C13H17NO3Si. The third-order valence-corrected chi connectivity index (χ3v) is 5.73. The maximum Gasteiger partial charge on any atom is 0.504 e. The Morgan fingerprint density at radius 2 is 1.78 bits per heavy atom. The Bertz CT molecular complexity index is 520. The van der Waals surface area contributed by atoms with Gasteiger partial charge in [0.1, 0.15) is 0 Å². The SMILES string of the molecule is CO[Si](Cc1ccc2cccnc2c1)(OC)OC. The Morgan fingerprint density at radius 1 is 1.06 bits per heavy atom. The predicted octanol–water partition coefficient (Wildman–Crippen LogP) is 2.19. The lowest BCUT2D eigenvalue weighted by molar-refractivity contribution is 0.122. The van der Waals surface area contributed by atoms with Crippen LogP contribution in [0.5, 0.6) is 0 Å². The van der Waals surface area contributed by atoms with Gasteiger partial charge >= 0.3 is 8.80 Å². The van der Waals surface area contributed by atoms with E-state index in [1.807, 2.05) is 18.2 Å². The number of aromatic nitrogens is 1. The van der Waals surface area contributed by atoms with E-state index < -0.39 is 8.80 Å². The molecule has 2 rings (SSSR count). The van der Waals surface area contributed by atoms with Crippen molar-refractivity contribution in [2.24, 2.45) is 0 Å². The van der Waals surface area contributed by atoms with Crippen molar-refractivity contribution in [1.82, 2.24) is 4.98 Å². The lowest BCUT2D eigenvalue weighted by atomic mass is 10.1. The molecule has 0 bridgehead atoms. The zero-order valence-electron chi connectivity index (χ0n) is 10.8. The molecule has 0 unspecified atom stereocenters. The van der Waals surface area contributed by atoms with Gasteiger partial charge in [0.05, 0.1) is 5.52 Å². The molecular weight excluding hydrogens is 246 g/mol. The van der Waals surface area contributed by atoms with Crippen molar-refractivity contribution in [2.45, 2.75) is 6.04 Å². The molecule has 0 radical (unpaired) electrons. The summed E-state index contributed by atoms with van der Waals surface area (Å²) < 4.78 is 16.3. The molecule has 0 fully saturated rings. The standard InChI is InChI=1S/C13H17NO3Si/c1-15-18(16-2,17-3)10-11-6-7-12-5-4-8-14-13(12)9-11/h4-9H,10H2,1-3H3. The first-order valence-electron chi connectivity index (χ1n) is 5.72.